The van der Waals surface area contributed by atoms with Crippen LogP contribution in [0.3, 0.4) is 0 Å². The van der Waals surface area contributed by atoms with E-state index in [1.54, 1.807) is 7.11 Å². The van der Waals surface area contributed by atoms with Crippen molar-refractivity contribution in [2.24, 2.45) is 0 Å². The fourth-order valence-electron chi connectivity index (χ4n) is 3.47. The molecule has 30 heavy (non-hydrogen) atoms. The van der Waals surface area contributed by atoms with Crippen LogP contribution in [0.25, 0.3) is 0 Å². The van der Waals surface area contributed by atoms with Crippen LogP contribution in [0.5, 0.6) is 5.75 Å². The van der Waals surface area contributed by atoms with Crippen molar-refractivity contribution in [3.8, 4) is 5.75 Å². The number of hydrogen-bond donors (Lipinski definition) is 1. The van der Waals surface area contributed by atoms with Gasteiger partial charge in [0.25, 0.3) is 0 Å². The fraction of sp³-hybridized carbons (Fsp3) is 0.259. The monoisotopic (exact) mass is 417 g/mol. The van der Waals surface area contributed by atoms with E-state index in [0.29, 0.717) is 11.3 Å². The molecule has 2 nitrogen and oxygen atoms in total. The normalized spacial score (nSPS) is 12.8. The topological polar surface area (TPSA) is 21.3 Å². The lowest BCUT2D eigenvalue weighted by Crippen LogP contribution is -2.29. The molecule has 0 amide bonds. The number of benzene rings is 3. The Morgan fingerprint density at radius 3 is 2.20 bits per heavy atom. The molecule has 0 saturated carbocycles. The molecule has 0 heterocycles. The van der Waals surface area contributed by atoms with E-state index in [2.05, 4.69) is 84.7 Å². The van der Waals surface area contributed by atoms with E-state index in [1.165, 1.54) is 16.7 Å². The number of rotatable bonds is 12. The summed E-state index contributed by atoms with van der Waals surface area (Å²) in [7, 11) is 1.70. The first-order chi connectivity index (χ1) is 14.8. The van der Waals surface area contributed by atoms with Crippen LogP contribution in [-0.2, 0) is 12.3 Å². The summed E-state index contributed by atoms with van der Waals surface area (Å²) in [6, 6.07) is 30.2. The van der Waals surface area contributed by atoms with Gasteiger partial charge in [0.1, 0.15) is 5.75 Å². The van der Waals surface area contributed by atoms with Crippen molar-refractivity contribution in [2.75, 3.05) is 7.11 Å². The number of thioether (sulfide) groups is 1. The molecular weight excluding hydrogens is 386 g/mol. The van der Waals surface area contributed by atoms with Crippen molar-refractivity contribution < 1.29 is 4.74 Å². The van der Waals surface area contributed by atoms with Crippen molar-refractivity contribution in [2.45, 2.75) is 36.4 Å². The highest BCUT2D eigenvalue weighted by atomic mass is 32.2. The Morgan fingerprint density at radius 2 is 1.57 bits per heavy atom. The Balaban J connectivity index is 1.66. The Hall–Kier alpha value is -2.49. The van der Waals surface area contributed by atoms with Gasteiger partial charge in [0, 0.05) is 23.6 Å². The average molecular weight is 418 g/mol. The summed E-state index contributed by atoms with van der Waals surface area (Å²) < 4.78 is 5.26. The molecule has 0 fully saturated rings. The van der Waals surface area contributed by atoms with Crippen molar-refractivity contribution in [1.82, 2.24) is 5.32 Å². The summed E-state index contributed by atoms with van der Waals surface area (Å²) in [5, 5.41) is 4.18. The fourth-order valence-corrected chi connectivity index (χ4v) is 4.77. The van der Waals surface area contributed by atoms with E-state index in [9.17, 15) is 0 Å². The Labute approximate surface area is 185 Å². The van der Waals surface area contributed by atoms with Crippen LogP contribution in [0.15, 0.2) is 97.6 Å². The first-order valence-electron chi connectivity index (χ1n) is 10.5. The van der Waals surface area contributed by atoms with Crippen LogP contribution in [0, 0.1) is 0 Å². The van der Waals surface area contributed by atoms with Gasteiger partial charge in [-0.15, -0.1) is 18.3 Å². The predicted octanol–water partition coefficient (Wildman–Crippen LogP) is 6.79. The molecule has 2 atom stereocenters. The SMILES string of the molecule is C=CCC(CC(SCc1ccccc1)c1ccccc1)NCc1ccc(OC)cc1. The molecule has 0 saturated heterocycles. The zero-order valence-corrected chi connectivity index (χ0v) is 18.5. The Kier molecular flexibility index (Phi) is 9.07. The summed E-state index contributed by atoms with van der Waals surface area (Å²) in [6.07, 6.45) is 4.03. The van der Waals surface area contributed by atoms with E-state index >= 15 is 0 Å². The molecule has 0 aliphatic rings. The molecule has 1 N–H and O–H groups in total. The van der Waals surface area contributed by atoms with Gasteiger partial charge in [-0.25, -0.2) is 0 Å². The van der Waals surface area contributed by atoms with Crippen molar-refractivity contribution in [3.63, 3.8) is 0 Å². The van der Waals surface area contributed by atoms with Crippen molar-refractivity contribution >= 4 is 11.8 Å². The summed E-state index contributed by atoms with van der Waals surface area (Å²) in [6.45, 7) is 4.83. The van der Waals surface area contributed by atoms with E-state index in [4.69, 9.17) is 4.74 Å². The predicted molar refractivity (Wildman–Crippen MR) is 130 cm³/mol. The van der Waals surface area contributed by atoms with Crippen LogP contribution >= 0.6 is 11.8 Å². The first-order valence-corrected chi connectivity index (χ1v) is 11.5. The molecule has 0 radical (unpaired) electrons. The maximum absolute atomic E-state index is 5.26. The molecule has 0 aliphatic carbocycles. The van der Waals surface area contributed by atoms with Gasteiger partial charge in [0.2, 0.25) is 0 Å². The maximum Gasteiger partial charge on any atom is 0.118 e. The minimum absolute atomic E-state index is 0.373. The average Bonchev–Trinajstić information content (AvgIpc) is 2.81. The number of nitrogens with one attached hydrogen (secondary N) is 1. The van der Waals surface area contributed by atoms with Gasteiger partial charge < -0.3 is 10.1 Å². The minimum Gasteiger partial charge on any atom is -0.497 e. The second-order valence-corrected chi connectivity index (χ2v) is 8.57. The minimum atomic E-state index is 0.373. The van der Waals surface area contributed by atoms with Crippen LogP contribution < -0.4 is 10.1 Å². The number of hydrogen-bond acceptors (Lipinski definition) is 3. The van der Waals surface area contributed by atoms with Crippen LogP contribution in [0.1, 0.15) is 34.8 Å². The van der Waals surface area contributed by atoms with E-state index in [0.717, 1.165) is 30.9 Å². The highest BCUT2D eigenvalue weighted by Gasteiger charge is 2.18. The second-order valence-electron chi connectivity index (χ2n) is 7.38. The van der Waals surface area contributed by atoms with Gasteiger partial charge in [0.15, 0.2) is 0 Å². The molecule has 0 aromatic heterocycles. The highest BCUT2D eigenvalue weighted by Crippen LogP contribution is 2.36. The molecule has 156 valence electrons. The number of methoxy groups -OCH3 is 1. The zero-order chi connectivity index (χ0) is 21.0. The molecule has 0 bridgehead atoms. The van der Waals surface area contributed by atoms with Crippen molar-refractivity contribution in [1.29, 1.82) is 0 Å². The van der Waals surface area contributed by atoms with Crippen molar-refractivity contribution in [3.05, 3.63) is 114 Å². The van der Waals surface area contributed by atoms with E-state index in [1.807, 2.05) is 30.0 Å². The maximum atomic E-state index is 5.26. The lowest BCUT2D eigenvalue weighted by Gasteiger charge is -2.24. The quantitative estimate of drug-likeness (QED) is 0.328. The van der Waals surface area contributed by atoms with E-state index < -0.39 is 0 Å². The Morgan fingerprint density at radius 1 is 0.900 bits per heavy atom. The van der Waals surface area contributed by atoms with Crippen LogP contribution in [-0.4, -0.2) is 13.2 Å². The van der Waals surface area contributed by atoms with Gasteiger partial charge in [-0.1, -0.05) is 78.9 Å². The second kappa shape index (κ2) is 12.3. The molecule has 3 rings (SSSR count). The highest BCUT2D eigenvalue weighted by molar-refractivity contribution is 7.98. The van der Waals surface area contributed by atoms with E-state index in [-0.39, 0.29) is 0 Å². The molecule has 3 aromatic carbocycles. The lowest BCUT2D eigenvalue weighted by molar-refractivity contribution is 0.414. The third kappa shape index (κ3) is 7.08. The summed E-state index contributed by atoms with van der Waals surface area (Å²) in [5.41, 5.74) is 4.02. The largest absolute Gasteiger partial charge is 0.497 e. The zero-order valence-electron chi connectivity index (χ0n) is 17.7. The van der Waals surface area contributed by atoms with Crippen LogP contribution in [0.2, 0.25) is 0 Å². The molecule has 0 spiro atoms. The van der Waals surface area contributed by atoms with Gasteiger partial charge >= 0.3 is 0 Å². The third-order valence-corrected chi connectivity index (χ3v) is 6.54. The molecule has 3 aromatic rings. The standard InChI is InChI=1S/C27H31NOS/c1-3-10-25(28-20-22-15-17-26(29-2)18-16-22)19-27(24-13-8-5-9-14-24)30-21-23-11-6-4-7-12-23/h3-9,11-18,25,27-28H,1,10,19-21H2,2H3. The first kappa shape index (κ1) is 22.2. The van der Waals surface area contributed by atoms with Gasteiger partial charge in [-0.2, -0.15) is 0 Å². The van der Waals surface area contributed by atoms with Gasteiger partial charge in [-0.05, 0) is 41.7 Å². The Bertz CT molecular complexity index is 864. The van der Waals surface area contributed by atoms with Gasteiger partial charge in [-0.3, -0.25) is 0 Å². The lowest BCUT2D eigenvalue weighted by atomic mass is 10.0. The molecular formula is C27H31NOS. The van der Waals surface area contributed by atoms with Gasteiger partial charge in [0.05, 0.1) is 7.11 Å². The smallest absolute Gasteiger partial charge is 0.118 e. The number of ether oxygens (including phenoxy) is 1. The molecule has 3 heteroatoms. The van der Waals surface area contributed by atoms with Crippen LogP contribution in [0.4, 0.5) is 0 Å². The summed E-state index contributed by atoms with van der Waals surface area (Å²) in [4.78, 5) is 0. The third-order valence-electron chi connectivity index (χ3n) is 5.17. The summed E-state index contributed by atoms with van der Waals surface area (Å²) in [5.74, 6) is 1.91. The summed E-state index contributed by atoms with van der Waals surface area (Å²) >= 11 is 2.02. The molecule has 2 unspecified atom stereocenters. The molecule has 0 aliphatic heterocycles.